The number of carbonyl (C=O) groups is 1. The Hall–Kier alpha value is -2.16. The largest absolute Gasteiger partial charge is 0.350 e. The number of hydrogen-bond donors (Lipinski definition) is 1. The van der Waals surface area contributed by atoms with E-state index >= 15 is 0 Å². The van der Waals surface area contributed by atoms with Gasteiger partial charge in [0.1, 0.15) is 0 Å². The second-order valence-corrected chi connectivity index (χ2v) is 5.80. The molecular weight excluding hydrogens is 327 g/mol. The number of likely N-dealkylation sites (tertiary alicyclic amines) is 1. The van der Waals surface area contributed by atoms with Crippen LogP contribution in [-0.4, -0.2) is 41.4 Å². The van der Waals surface area contributed by atoms with Crippen molar-refractivity contribution in [1.29, 1.82) is 0 Å². The predicted octanol–water partition coefficient (Wildman–Crippen LogP) is 2.62. The third-order valence-corrected chi connectivity index (χ3v) is 4.14. The Labute approximate surface area is 136 Å². The quantitative estimate of drug-likeness (QED) is 0.506. The fourth-order valence-electron chi connectivity index (χ4n) is 2.71. The Morgan fingerprint density at radius 3 is 2.46 bits per heavy atom. The number of benzene rings is 1. The fourth-order valence-corrected chi connectivity index (χ4v) is 2.71. The molecule has 2 rings (SSSR count). The molecular formula is C15H18F3N3O3. The Morgan fingerprint density at radius 1 is 1.25 bits per heavy atom. The average Bonchev–Trinajstić information content (AvgIpc) is 2.58. The van der Waals surface area contributed by atoms with E-state index in [-0.39, 0.29) is 12.6 Å². The Bertz CT molecular complexity index is 649. The zero-order valence-electron chi connectivity index (χ0n) is 13.2. The number of carbonyl (C=O) groups excluding carboxylic acids is 1. The minimum atomic E-state index is -2.03. The minimum Gasteiger partial charge on any atom is -0.350 e. The van der Waals surface area contributed by atoms with E-state index in [9.17, 15) is 28.1 Å². The molecule has 1 aliphatic heterocycles. The van der Waals surface area contributed by atoms with Crippen molar-refractivity contribution in [2.45, 2.75) is 32.2 Å². The van der Waals surface area contributed by atoms with E-state index < -0.39 is 39.5 Å². The van der Waals surface area contributed by atoms with Gasteiger partial charge in [0.25, 0.3) is 5.91 Å². The van der Waals surface area contributed by atoms with Gasteiger partial charge in [-0.1, -0.05) is 6.42 Å². The zero-order chi connectivity index (χ0) is 17.9. The van der Waals surface area contributed by atoms with Gasteiger partial charge in [-0.05, 0) is 32.9 Å². The zero-order valence-corrected chi connectivity index (χ0v) is 13.2. The molecule has 0 spiro atoms. The summed E-state index contributed by atoms with van der Waals surface area (Å²) >= 11 is 0. The molecule has 132 valence electrons. The number of rotatable bonds is 5. The maximum Gasteiger partial charge on any atom is 0.308 e. The highest BCUT2D eigenvalue weighted by molar-refractivity contribution is 5.95. The lowest BCUT2D eigenvalue weighted by atomic mass is 10.1. The van der Waals surface area contributed by atoms with Gasteiger partial charge in [-0.2, -0.15) is 4.39 Å². The molecule has 9 heteroatoms. The molecule has 1 aromatic carbocycles. The van der Waals surface area contributed by atoms with Crippen molar-refractivity contribution in [3.05, 3.63) is 39.2 Å². The molecule has 1 atom stereocenters. The van der Waals surface area contributed by atoms with Gasteiger partial charge < -0.3 is 5.32 Å². The van der Waals surface area contributed by atoms with Crippen LogP contribution >= 0.6 is 0 Å². The Balaban J connectivity index is 2.10. The van der Waals surface area contributed by atoms with Gasteiger partial charge in [0, 0.05) is 18.7 Å². The fraction of sp³-hybridized carbons (Fsp3) is 0.533. The molecule has 1 amide bonds. The first-order valence-corrected chi connectivity index (χ1v) is 7.67. The first-order chi connectivity index (χ1) is 11.3. The van der Waals surface area contributed by atoms with Crippen LogP contribution in [0.5, 0.6) is 0 Å². The van der Waals surface area contributed by atoms with Crippen molar-refractivity contribution < 1.29 is 22.9 Å². The Morgan fingerprint density at radius 2 is 1.88 bits per heavy atom. The number of piperidine rings is 1. The van der Waals surface area contributed by atoms with Crippen LogP contribution in [0.15, 0.2) is 6.07 Å². The summed E-state index contributed by atoms with van der Waals surface area (Å²) in [7, 11) is 0. The lowest BCUT2D eigenvalue weighted by Crippen LogP contribution is -2.44. The van der Waals surface area contributed by atoms with Crippen molar-refractivity contribution in [3.8, 4) is 0 Å². The van der Waals surface area contributed by atoms with Gasteiger partial charge >= 0.3 is 5.69 Å². The molecule has 1 N–H and O–H groups in total. The van der Waals surface area contributed by atoms with Crippen LogP contribution in [0.25, 0.3) is 0 Å². The number of hydrogen-bond acceptors (Lipinski definition) is 4. The minimum absolute atomic E-state index is 0.0161. The SMILES string of the molecule is CC(CNC(=O)c1cc([N+](=O)[O-])c(F)c(F)c1F)N1CCCCC1. The smallest absolute Gasteiger partial charge is 0.308 e. The molecule has 24 heavy (non-hydrogen) atoms. The van der Waals surface area contributed by atoms with E-state index in [1.165, 1.54) is 0 Å². The van der Waals surface area contributed by atoms with Gasteiger partial charge in [-0.3, -0.25) is 19.8 Å². The molecule has 0 aromatic heterocycles. The van der Waals surface area contributed by atoms with Crippen molar-refractivity contribution in [2.75, 3.05) is 19.6 Å². The van der Waals surface area contributed by atoms with Gasteiger partial charge in [-0.25, -0.2) is 8.78 Å². The van der Waals surface area contributed by atoms with Gasteiger partial charge in [0.15, 0.2) is 5.82 Å². The van der Waals surface area contributed by atoms with Gasteiger partial charge in [0.05, 0.1) is 10.5 Å². The molecule has 0 saturated carbocycles. The summed E-state index contributed by atoms with van der Waals surface area (Å²) in [5, 5.41) is 13.1. The number of halogens is 3. The maximum atomic E-state index is 13.7. The van der Waals surface area contributed by atoms with E-state index in [1.54, 1.807) is 0 Å². The molecule has 1 saturated heterocycles. The molecule has 1 fully saturated rings. The molecule has 0 aliphatic carbocycles. The van der Waals surface area contributed by atoms with Crippen molar-refractivity contribution in [2.24, 2.45) is 0 Å². The van der Waals surface area contributed by atoms with E-state index in [0.717, 1.165) is 32.4 Å². The number of amides is 1. The predicted molar refractivity (Wildman–Crippen MR) is 80.2 cm³/mol. The van der Waals surface area contributed by atoms with Crippen LogP contribution in [0.2, 0.25) is 0 Å². The molecule has 1 aliphatic rings. The maximum absolute atomic E-state index is 13.7. The lowest BCUT2D eigenvalue weighted by Gasteiger charge is -2.32. The van der Waals surface area contributed by atoms with E-state index in [4.69, 9.17) is 0 Å². The normalized spacial score (nSPS) is 16.7. The highest BCUT2D eigenvalue weighted by Crippen LogP contribution is 2.25. The lowest BCUT2D eigenvalue weighted by molar-refractivity contribution is -0.387. The molecule has 1 aromatic rings. The van der Waals surface area contributed by atoms with E-state index in [1.807, 2.05) is 6.92 Å². The highest BCUT2D eigenvalue weighted by Gasteiger charge is 2.28. The molecule has 0 radical (unpaired) electrons. The number of nitrogens with one attached hydrogen (secondary N) is 1. The van der Waals surface area contributed by atoms with Gasteiger partial charge in [-0.15, -0.1) is 0 Å². The van der Waals surface area contributed by atoms with Crippen LogP contribution in [0.1, 0.15) is 36.5 Å². The summed E-state index contributed by atoms with van der Waals surface area (Å²) in [6.07, 6.45) is 3.27. The molecule has 0 bridgehead atoms. The molecule has 6 nitrogen and oxygen atoms in total. The summed E-state index contributed by atoms with van der Waals surface area (Å²) in [4.78, 5) is 23.6. The second kappa shape index (κ2) is 7.61. The topological polar surface area (TPSA) is 75.5 Å². The summed E-state index contributed by atoms with van der Waals surface area (Å²) in [6, 6.07) is 0.395. The number of nitro groups is 1. The van der Waals surface area contributed by atoms with Crippen LogP contribution in [0.3, 0.4) is 0 Å². The van der Waals surface area contributed by atoms with Crippen LogP contribution in [0.4, 0.5) is 18.9 Å². The van der Waals surface area contributed by atoms with Crippen LogP contribution in [-0.2, 0) is 0 Å². The number of nitro benzene ring substituents is 1. The standard InChI is InChI=1S/C15H18F3N3O3/c1-9(20-5-3-2-4-6-20)8-19-15(22)10-7-11(21(23)24)13(17)14(18)12(10)16/h7,9H,2-6,8H2,1H3,(H,19,22). The van der Waals surface area contributed by atoms with Crippen molar-refractivity contribution >= 4 is 11.6 Å². The van der Waals surface area contributed by atoms with Crippen molar-refractivity contribution in [1.82, 2.24) is 10.2 Å². The van der Waals surface area contributed by atoms with Crippen LogP contribution in [0, 0.1) is 27.6 Å². The first kappa shape index (κ1) is 18.2. The monoisotopic (exact) mass is 345 g/mol. The van der Waals surface area contributed by atoms with E-state index in [0.29, 0.717) is 6.07 Å². The first-order valence-electron chi connectivity index (χ1n) is 7.67. The van der Waals surface area contributed by atoms with Crippen molar-refractivity contribution in [3.63, 3.8) is 0 Å². The Kier molecular flexibility index (Phi) is 5.76. The van der Waals surface area contributed by atoms with Crippen LogP contribution < -0.4 is 5.32 Å². The molecule has 1 heterocycles. The van der Waals surface area contributed by atoms with Gasteiger partial charge in [0.2, 0.25) is 11.6 Å². The summed E-state index contributed by atoms with van der Waals surface area (Å²) < 4.78 is 40.5. The summed E-state index contributed by atoms with van der Waals surface area (Å²) in [6.45, 7) is 3.84. The summed E-state index contributed by atoms with van der Waals surface area (Å²) in [5.41, 5.74) is -2.16. The molecule has 1 unspecified atom stereocenters. The third-order valence-electron chi connectivity index (χ3n) is 4.14. The third kappa shape index (κ3) is 3.84. The highest BCUT2D eigenvalue weighted by atomic mass is 19.2. The second-order valence-electron chi connectivity index (χ2n) is 5.80. The number of nitrogens with zero attached hydrogens (tertiary/aromatic N) is 2. The summed E-state index contributed by atoms with van der Waals surface area (Å²) in [5.74, 6) is -6.70. The van der Waals surface area contributed by atoms with E-state index in [2.05, 4.69) is 10.2 Å². The average molecular weight is 345 g/mol.